The molecule has 0 spiro atoms. The molecule has 1 fully saturated rings. The van der Waals surface area contributed by atoms with Gasteiger partial charge in [0.15, 0.2) is 0 Å². The number of nitrogens with two attached hydrogens (primary N) is 1. The third kappa shape index (κ3) is 2.42. The Kier molecular flexibility index (Phi) is 3.79. The summed E-state index contributed by atoms with van der Waals surface area (Å²) >= 11 is 0. The van der Waals surface area contributed by atoms with E-state index in [-0.39, 0.29) is 6.61 Å². The lowest BCUT2D eigenvalue weighted by molar-refractivity contribution is 0.235. The Labute approximate surface area is 134 Å². The average molecular weight is 313 g/mol. The first-order valence-corrected chi connectivity index (χ1v) is 8.45. The van der Waals surface area contributed by atoms with Crippen molar-refractivity contribution in [2.75, 3.05) is 6.54 Å². The molecule has 0 amide bonds. The second-order valence-corrected chi connectivity index (χ2v) is 6.54. The number of H-pyrrole nitrogens is 1. The van der Waals surface area contributed by atoms with Crippen LogP contribution in [0.5, 0.6) is 0 Å². The van der Waals surface area contributed by atoms with Crippen LogP contribution in [0.2, 0.25) is 0 Å². The number of rotatable bonds is 4. The number of imidazole rings is 1. The van der Waals surface area contributed by atoms with Crippen LogP contribution < -0.4 is 5.73 Å². The lowest BCUT2D eigenvalue weighted by Crippen LogP contribution is -2.21. The fraction of sp³-hybridized carbons (Fsp3) is 0.529. The largest absolute Gasteiger partial charge is 0.388 e. The Morgan fingerprint density at radius 3 is 2.87 bits per heavy atom. The van der Waals surface area contributed by atoms with Crippen LogP contribution in [0.3, 0.4) is 0 Å². The van der Waals surface area contributed by atoms with Gasteiger partial charge in [0.25, 0.3) is 0 Å². The number of aromatic nitrogens is 4. The highest BCUT2D eigenvalue weighted by atomic mass is 16.3. The van der Waals surface area contributed by atoms with Crippen LogP contribution in [0.25, 0.3) is 22.1 Å². The number of aliphatic hydroxyl groups is 1. The first-order valence-electron chi connectivity index (χ1n) is 8.45. The van der Waals surface area contributed by atoms with E-state index in [1.807, 2.05) is 12.3 Å². The molecular weight excluding hydrogens is 290 g/mol. The van der Waals surface area contributed by atoms with E-state index in [1.54, 1.807) is 6.20 Å². The van der Waals surface area contributed by atoms with E-state index in [4.69, 9.17) is 5.73 Å². The molecule has 0 aliphatic heterocycles. The van der Waals surface area contributed by atoms with Crippen molar-refractivity contribution in [3.05, 3.63) is 24.3 Å². The van der Waals surface area contributed by atoms with Crippen molar-refractivity contribution in [3.8, 4) is 0 Å². The molecule has 1 aliphatic carbocycles. The Balaban J connectivity index is 1.77. The molecule has 1 aliphatic rings. The van der Waals surface area contributed by atoms with Crippen molar-refractivity contribution in [3.63, 3.8) is 0 Å². The maximum Gasteiger partial charge on any atom is 0.139 e. The van der Waals surface area contributed by atoms with E-state index < -0.39 is 0 Å². The predicted octanol–water partition coefficient (Wildman–Crippen LogP) is 2.49. The topological polar surface area (TPSA) is 92.8 Å². The van der Waals surface area contributed by atoms with Crippen LogP contribution in [0.1, 0.15) is 44.0 Å². The van der Waals surface area contributed by atoms with Gasteiger partial charge in [0.2, 0.25) is 0 Å². The average Bonchev–Trinajstić information content (AvgIpc) is 3.19. The molecule has 3 heterocycles. The number of nitrogens with one attached hydrogen (secondary N) is 1. The third-order valence-corrected chi connectivity index (χ3v) is 5.21. The highest BCUT2D eigenvalue weighted by molar-refractivity contribution is 6.01. The third-order valence-electron chi connectivity index (χ3n) is 5.21. The molecule has 0 saturated heterocycles. The van der Waals surface area contributed by atoms with E-state index in [0.717, 1.165) is 59.6 Å². The molecule has 6 heteroatoms. The number of nitrogens with zero attached hydrogens (tertiary/aromatic N) is 3. The van der Waals surface area contributed by atoms with E-state index >= 15 is 0 Å². The zero-order chi connectivity index (χ0) is 15.8. The van der Waals surface area contributed by atoms with Gasteiger partial charge in [-0.3, -0.25) is 0 Å². The van der Waals surface area contributed by atoms with Crippen molar-refractivity contribution in [1.29, 1.82) is 0 Å². The fourth-order valence-corrected chi connectivity index (χ4v) is 4.07. The first-order chi connectivity index (χ1) is 11.3. The number of pyridine rings is 1. The molecule has 3 aromatic heterocycles. The normalized spacial score (nSPS) is 22.2. The number of aliphatic hydroxyl groups excluding tert-OH is 1. The Bertz CT molecular complexity index is 813. The van der Waals surface area contributed by atoms with Crippen molar-refractivity contribution in [2.45, 2.75) is 44.8 Å². The monoisotopic (exact) mass is 313 g/mol. The number of hydrogen-bond donors (Lipinski definition) is 3. The van der Waals surface area contributed by atoms with Gasteiger partial charge in [-0.25, -0.2) is 9.97 Å². The predicted molar refractivity (Wildman–Crippen MR) is 90.0 cm³/mol. The molecule has 0 radical (unpaired) electrons. The molecule has 6 nitrogen and oxygen atoms in total. The van der Waals surface area contributed by atoms with Crippen LogP contribution in [0.15, 0.2) is 18.5 Å². The van der Waals surface area contributed by atoms with Gasteiger partial charge in [-0.15, -0.1) is 0 Å². The summed E-state index contributed by atoms with van der Waals surface area (Å²) in [6, 6.07) is 2.45. The Morgan fingerprint density at radius 1 is 1.30 bits per heavy atom. The number of hydrogen-bond acceptors (Lipinski definition) is 4. The Hall–Kier alpha value is -1.92. The summed E-state index contributed by atoms with van der Waals surface area (Å²) in [6.07, 6.45) is 9.47. The second-order valence-electron chi connectivity index (χ2n) is 6.54. The van der Waals surface area contributed by atoms with Gasteiger partial charge in [-0.1, -0.05) is 0 Å². The van der Waals surface area contributed by atoms with Gasteiger partial charge in [-0.2, -0.15) is 0 Å². The van der Waals surface area contributed by atoms with Gasteiger partial charge in [0, 0.05) is 17.6 Å². The second kappa shape index (κ2) is 5.94. The maximum atomic E-state index is 9.78. The fourth-order valence-electron chi connectivity index (χ4n) is 4.07. The molecule has 3 aromatic rings. The molecule has 1 saturated carbocycles. The summed E-state index contributed by atoms with van der Waals surface area (Å²) in [7, 11) is 0. The van der Waals surface area contributed by atoms with Crippen molar-refractivity contribution in [1.82, 2.24) is 19.5 Å². The van der Waals surface area contributed by atoms with Crippen molar-refractivity contribution in [2.24, 2.45) is 11.7 Å². The standard InChI is InChI=1S/C17H23N5O/c18-7-5-11-1-3-12(4-2-11)22-15(10-23)21-14-9-20-17-13(16(14)22)6-8-19-17/h6,8-9,11-12,23H,1-5,7,10,18H2,(H,19,20). The smallest absolute Gasteiger partial charge is 0.139 e. The first kappa shape index (κ1) is 14.7. The molecule has 0 bridgehead atoms. The van der Waals surface area contributed by atoms with Crippen LogP contribution in [0.4, 0.5) is 0 Å². The van der Waals surface area contributed by atoms with E-state index in [0.29, 0.717) is 6.04 Å². The van der Waals surface area contributed by atoms with Gasteiger partial charge < -0.3 is 20.4 Å². The molecule has 4 N–H and O–H groups in total. The molecule has 4 rings (SSSR count). The summed E-state index contributed by atoms with van der Waals surface area (Å²) in [5.74, 6) is 1.50. The highest BCUT2D eigenvalue weighted by Gasteiger charge is 2.26. The number of aromatic amines is 1. The summed E-state index contributed by atoms with van der Waals surface area (Å²) < 4.78 is 2.26. The molecule has 0 unspecified atom stereocenters. The van der Waals surface area contributed by atoms with Gasteiger partial charge in [-0.05, 0) is 50.6 Å². The lowest BCUT2D eigenvalue weighted by atomic mass is 9.84. The minimum atomic E-state index is -0.0384. The summed E-state index contributed by atoms with van der Waals surface area (Å²) in [4.78, 5) is 12.2. The molecule has 0 atom stereocenters. The SMILES string of the molecule is NCCC1CCC(n2c(CO)nc3cnc4[nH]ccc4c32)CC1. The maximum absolute atomic E-state index is 9.78. The summed E-state index contributed by atoms with van der Waals surface area (Å²) in [6.45, 7) is 0.740. The van der Waals surface area contributed by atoms with E-state index in [9.17, 15) is 5.11 Å². The zero-order valence-corrected chi connectivity index (χ0v) is 13.2. The Morgan fingerprint density at radius 2 is 2.13 bits per heavy atom. The van der Waals surface area contributed by atoms with Crippen LogP contribution in [-0.4, -0.2) is 31.2 Å². The molecule has 122 valence electrons. The zero-order valence-electron chi connectivity index (χ0n) is 13.2. The molecular formula is C17H23N5O. The highest BCUT2D eigenvalue weighted by Crippen LogP contribution is 2.37. The van der Waals surface area contributed by atoms with Gasteiger partial charge in [0.1, 0.15) is 23.6 Å². The molecule has 0 aromatic carbocycles. The quantitative estimate of drug-likeness (QED) is 0.690. The van der Waals surface area contributed by atoms with E-state index in [2.05, 4.69) is 19.5 Å². The summed E-state index contributed by atoms with van der Waals surface area (Å²) in [5, 5.41) is 10.9. The minimum Gasteiger partial charge on any atom is -0.388 e. The van der Waals surface area contributed by atoms with E-state index in [1.165, 1.54) is 12.8 Å². The van der Waals surface area contributed by atoms with Crippen molar-refractivity contribution < 1.29 is 5.11 Å². The lowest BCUT2D eigenvalue weighted by Gasteiger charge is -2.30. The van der Waals surface area contributed by atoms with Crippen LogP contribution in [0, 0.1) is 5.92 Å². The number of fused-ring (bicyclic) bond motifs is 3. The summed E-state index contributed by atoms with van der Waals surface area (Å²) in [5.41, 5.74) is 8.54. The van der Waals surface area contributed by atoms with Crippen molar-refractivity contribution >= 4 is 22.1 Å². The molecule has 23 heavy (non-hydrogen) atoms. The minimum absolute atomic E-state index is 0.0384. The van der Waals surface area contributed by atoms with Gasteiger partial charge >= 0.3 is 0 Å². The van der Waals surface area contributed by atoms with Crippen LogP contribution >= 0.6 is 0 Å². The van der Waals surface area contributed by atoms with Gasteiger partial charge in [0.05, 0.1) is 11.7 Å². The van der Waals surface area contributed by atoms with Crippen LogP contribution in [-0.2, 0) is 6.61 Å².